The topological polar surface area (TPSA) is 33.1 Å². The number of aromatic nitrogens is 2. The average Bonchev–Trinajstić information content (AvgIpc) is 3.23. The number of para-hydroxylation sites is 1. The molecule has 6 heteroatoms. The van der Waals surface area contributed by atoms with Gasteiger partial charge in [-0.2, -0.15) is 0 Å². The Morgan fingerprint density at radius 2 is 1.90 bits per heavy atom. The predicted molar refractivity (Wildman–Crippen MR) is 122 cm³/mol. The second kappa shape index (κ2) is 8.56. The largest absolute Gasteiger partial charge is 0.352 e. The summed E-state index contributed by atoms with van der Waals surface area (Å²) in [5, 5.41) is 4.25. The van der Waals surface area contributed by atoms with Gasteiger partial charge >= 0.3 is 0 Å². The lowest BCUT2D eigenvalue weighted by Gasteiger charge is -2.28. The number of benzene rings is 1. The minimum Gasteiger partial charge on any atom is -0.352 e. The molecule has 30 heavy (non-hydrogen) atoms. The van der Waals surface area contributed by atoms with E-state index in [0.29, 0.717) is 5.69 Å². The van der Waals surface area contributed by atoms with Crippen molar-refractivity contribution < 1.29 is 4.39 Å². The molecule has 0 amide bonds. The number of hydrogen-bond acceptors (Lipinski definition) is 2. The van der Waals surface area contributed by atoms with Gasteiger partial charge in [-0.25, -0.2) is 4.39 Å². The monoisotopic (exact) mass is 422 g/mol. The summed E-state index contributed by atoms with van der Waals surface area (Å²) in [6.45, 7) is 7.14. The van der Waals surface area contributed by atoms with Gasteiger partial charge < -0.3 is 14.8 Å². The van der Waals surface area contributed by atoms with Crippen LogP contribution in [0.5, 0.6) is 0 Å². The first-order valence-electron chi connectivity index (χ1n) is 10.4. The molecule has 0 aliphatic carbocycles. The number of nitrogens with one attached hydrogen (secondary N) is 1. The molecule has 2 aromatic heterocycles. The Labute approximate surface area is 182 Å². The summed E-state index contributed by atoms with van der Waals surface area (Å²) < 4.78 is 16.6. The first-order chi connectivity index (χ1) is 14.5. The number of aryl methyl sites for hydroxylation is 1. The number of hydrogen-bond donors (Lipinski definition) is 1. The lowest BCUT2D eigenvalue weighted by molar-refractivity contribution is 0.312. The summed E-state index contributed by atoms with van der Waals surface area (Å²) in [5.74, 6) is -0.227. The normalized spacial score (nSPS) is 18.7. The van der Waals surface area contributed by atoms with E-state index in [1.165, 1.54) is 6.07 Å². The maximum atomic E-state index is 14.6. The number of unbranched alkanes of at least 4 members (excludes halogenated alkanes) is 1. The Kier molecular flexibility index (Phi) is 5.86. The van der Waals surface area contributed by atoms with Gasteiger partial charge in [-0.1, -0.05) is 31.5 Å². The van der Waals surface area contributed by atoms with E-state index in [0.717, 1.165) is 47.1 Å². The third-order valence-electron chi connectivity index (χ3n) is 5.83. The van der Waals surface area contributed by atoms with E-state index < -0.39 is 0 Å². The molecule has 0 unspecified atom stereocenters. The molecule has 0 spiro atoms. The molecule has 1 aliphatic heterocycles. The molecule has 3 heterocycles. The quantitative estimate of drug-likeness (QED) is 0.539. The van der Waals surface area contributed by atoms with Crippen LogP contribution in [0, 0.1) is 19.7 Å². The van der Waals surface area contributed by atoms with E-state index in [1.54, 1.807) is 6.07 Å². The number of halogens is 1. The van der Waals surface area contributed by atoms with Gasteiger partial charge in [-0.15, -0.1) is 0 Å². The van der Waals surface area contributed by atoms with Crippen molar-refractivity contribution in [1.82, 2.24) is 19.8 Å². The Balaban J connectivity index is 1.83. The summed E-state index contributed by atoms with van der Waals surface area (Å²) in [4.78, 5) is 6.87. The van der Waals surface area contributed by atoms with Crippen molar-refractivity contribution in [2.75, 3.05) is 6.54 Å². The average molecular weight is 423 g/mol. The molecular formula is C24H27FN4S. The van der Waals surface area contributed by atoms with E-state index in [9.17, 15) is 4.39 Å². The number of rotatable bonds is 6. The van der Waals surface area contributed by atoms with Crippen molar-refractivity contribution in [3.8, 4) is 5.69 Å². The van der Waals surface area contributed by atoms with Crippen LogP contribution < -0.4 is 5.32 Å². The van der Waals surface area contributed by atoms with Crippen molar-refractivity contribution >= 4 is 17.3 Å². The van der Waals surface area contributed by atoms with Crippen LogP contribution in [0.4, 0.5) is 4.39 Å². The van der Waals surface area contributed by atoms with Crippen molar-refractivity contribution in [1.29, 1.82) is 0 Å². The smallest absolute Gasteiger partial charge is 0.170 e. The fourth-order valence-electron chi connectivity index (χ4n) is 4.40. The Morgan fingerprint density at radius 1 is 1.13 bits per heavy atom. The van der Waals surface area contributed by atoms with E-state index in [4.69, 9.17) is 12.2 Å². The molecule has 1 aromatic carbocycles. The van der Waals surface area contributed by atoms with Gasteiger partial charge in [0.25, 0.3) is 0 Å². The zero-order chi connectivity index (χ0) is 21.3. The Morgan fingerprint density at radius 3 is 2.60 bits per heavy atom. The van der Waals surface area contributed by atoms with Gasteiger partial charge in [0.2, 0.25) is 0 Å². The molecule has 1 saturated heterocycles. The number of nitrogens with zero attached hydrogens (tertiary/aromatic N) is 3. The summed E-state index contributed by atoms with van der Waals surface area (Å²) in [7, 11) is 0. The molecule has 1 aliphatic rings. The number of pyridine rings is 1. The minimum absolute atomic E-state index is 0.00525. The van der Waals surface area contributed by atoms with Crippen LogP contribution in [0.1, 0.15) is 54.5 Å². The van der Waals surface area contributed by atoms with E-state index in [2.05, 4.69) is 35.1 Å². The van der Waals surface area contributed by atoms with E-state index >= 15 is 0 Å². The lowest BCUT2D eigenvalue weighted by atomic mass is 9.96. The summed E-state index contributed by atoms with van der Waals surface area (Å²) in [6, 6.07) is 15.0. The van der Waals surface area contributed by atoms with Crippen LogP contribution in [-0.4, -0.2) is 26.1 Å². The molecule has 4 rings (SSSR count). The van der Waals surface area contributed by atoms with Gasteiger partial charge in [0.05, 0.1) is 23.5 Å². The fourth-order valence-corrected chi connectivity index (χ4v) is 4.74. The van der Waals surface area contributed by atoms with Crippen molar-refractivity contribution in [3.05, 3.63) is 83.2 Å². The van der Waals surface area contributed by atoms with Crippen LogP contribution in [0.15, 0.2) is 54.7 Å². The second-order valence-corrected chi connectivity index (χ2v) is 8.17. The van der Waals surface area contributed by atoms with Gasteiger partial charge in [0.1, 0.15) is 5.82 Å². The zero-order valence-corrected chi connectivity index (χ0v) is 18.4. The SMILES string of the molecule is CCCCN1C(=S)N[C@H](c2ccccn2)[C@@H]1c1cc(C)n(-c2ccccc2F)c1C. The highest BCUT2D eigenvalue weighted by atomic mass is 32.1. The van der Waals surface area contributed by atoms with Gasteiger partial charge in [0.15, 0.2) is 5.11 Å². The Hall–Kier alpha value is -2.73. The first kappa shape index (κ1) is 20.5. The van der Waals surface area contributed by atoms with Crippen LogP contribution in [-0.2, 0) is 0 Å². The molecular weight excluding hydrogens is 395 g/mol. The minimum atomic E-state index is -0.227. The summed E-state index contributed by atoms with van der Waals surface area (Å²) in [5.41, 5.74) is 4.70. The molecule has 2 atom stereocenters. The second-order valence-electron chi connectivity index (χ2n) is 7.79. The zero-order valence-electron chi connectivity index (χ0n) is 17.6. The van der Waals surface area contributed by atoms with Crippen LogP contribution in [0.2, 0.25) is 0 Å². The number of thiocarbonyl (C=S) groups is 1. The van der Waals surface area contributed by atoms with E-state index in [-0.39, 0.29) is 17.9 Å². The van der Waals surface area contributed by atoms with Crippen LogP contribution in [0.25, 0.3) is 5.69 Å². The van der Waals surface area contributed by atoms with Crippen molar-refractivity contribution in [2.45, 2.75) is 45.7 Å². The molecule has 1 N–H and O–H groups in total. The fraction of sp³-hybridized carbons (Fsp3) is 0.333. The highest BCUT2D eigenvalue weighted by molar-refractivity contribution is 7.80. The predicted octanol–water partition coefficient (Wildman–Crippen LogP) is 5.40. The Bertz CT molecular complexity index is 1050. The molecule has 3 aromatic rings. The van der Waals surface area contributed by atoms with Gasteiger partial charge in [-0.3, -0.25) is 4.98 Å². The lowest BCUT2D eigenvalue weighted by Crippen LogP contribution is -2.30. The maximum Gasteiger partial charge on any atom is 0.170 e. The molecule has 0 saturated carbocycles. The highest BCUT2D eigenvalue weighted by Gasteiger charge is 2.41. The van der Waals surface area contributed by atoms with Crippen molar-refractivity contribution in [3.63, 3.8) is 0 Å². The molecule has 0 radical (unpaired) electrons. The van der Waals surface area contributed by atoms with Crippen LogP contribution >= 0.6 is 12.2 Å². The standard InChI is InChI=1S/C24H27FN4S/c1-4-5-14-28-23(22(27-24(28)30)20-11-8-9-13-26-20)18-15-16(2)29(17(18)3)21-12-7-6-10-19(21)25/h6-13,15,22-23H,4-5,14H2,1-3H3,(H,27,30)/t22-,23+/m1/s1. The van der Waals surface area contributed by atoms with Crippen LogP contribution in [0.3, 0.4) is 0 Å². The molecule has 156 valence electrons. The summed E-state index contributed by atoms with van der Waals surface area (Å²) in [6.07, 6.45) is 3.96. The highest BCUT2D eigenvalue weighted by Crippen LogP contribution is 2.41. The first-order valence-corrected chi connectivity index (χ1v) is 10.9. The maximum absolute atomic E-state index is 14.6. The molecule has 0 bridgehead atoms. The third kappa shape index (κ3) is 3.60. The third-order valence-corrected chi connectivity index (χ3v) is 6.18. The molecule has 1 fully saturated rings. The summed E-state index contributed by atoms with van der Waals surface area (Å²) >= 11 is 5.73. The molecule has 4 nitrogen and oxygen atoms in total. The van der Waals surface area contributed by atoms with Gasteiger partial charge in [-0.05, 0) is 68.4 Å². The van der Waals surface area contributed by atoms with E-state index in [1.807, 2.05) is 48.0 Å². The van der Waals surface area contributed by atoms with Crippen molar-refractivity contribution in [2.24, 2.45) is 0 Å². The van der Waals surface area contributed by atoms with Gasteiger partial charge in [0, 0.05) is 24.1 Å².